The van der Waals surface area contributed by atoms with Gasteiger partial charge in [-0.15, -0.1) is 0 Å². The number of rotatable bonds is 3. The molecule has 0 aromatic carbocycles. The minimum Gasteiger partial charge on any atom is -0.333 e. The SMILES string of the molecule is CC(C)N1CC2CCC(C1)N2C(=O)CN(C)C. The van der Waals surface area contributed by atoms with E-state index in [9.17, 15) is 4.79 Å². The van der Waals surface area contributed by atoms with E-state index < -0.39 is 0 Å². The Bertz CT molecular complexity index is 276. The molecule has 2 saturated heterocycles. The zero-order chi connectivity index (χ0) is 12.6. The van der Waals surface area contributed by atoms with E-state index in [1.165, 1.54) is 12.8 Å². The predicted molar refractivity (Wildman–Crippen MR) is 68.9 cm³/mol. The molecule has 0 saturated carbocycles. The van der Waals surface area contributed by atoms with Crippen LogP contribution in [-0.2, 0) is 4.79 Å². The maximum Gasteiger partial charge on any atom is 0.237 e. The van der Waals surface area contributed by atoms with Crippen LogP contribution in [0.4, 0.5) is 0 Å². The zero-order valence-corrected chi connectivity index (χ0v) is 11.5. The largest absolute Gasteiger partial charge is 0.333 e. The number of nitrogens with zero attached hydrogens (tertiary/aromatic N) is 3. The van der Waals surface area contributed by atoms with Gasteiger partial charge in [0.1, 0.15) is 0 Å². The first-order chi connectivity index (χ1) is 7.99. The van der Waals surface area contributed by atoms with E-state index in [1.807, 2.05) is 19.0 Å². The van der Waals surface area contributed by atoms with Gasteiger partial charge in [0.05, 0.1) is 6.54 Å². The van der Waals surface area contributed by atoms with E-state index >= 15 is 0 Å². The molecule has 0 aromatic heterocycles. The van der Waals surface area contributed by atoms with E-state index in [4.69, 9.17) is 0 Å². The highest BCUT2D eigenvalue weighted by Crippen LogP contribution is 2.31. The highest BCUT2D eigenvalue weighted by Gasteiger charge is 2.42. The van der Waals surface area contributed by atoms with Crippen LogP contribution in [0.3, 0.4) is 0 Å². The van der Waals surface area contributed by atoms with Crippen LogP contribution >= 0.6 is 0 Å². The van der Waals surface area contributed by atoms with Crippen molar-refractivity contribution >= 4 is 5.91 Å². The number of hydrogen-bond donors (Lipinski definition) is 0. The monoisotopic (exact) mass is 239 g/mol. The molecule has 1 amide bonds. The number of hydrogen-bond acceptors (Lipinski definition) is 3. The van der Waals surface area contributed by atoms with Gasteiger partial charge in [-0.2, -0.15) is 0 Å². The molecule has 2 heterocycles. The van der Waals surface area contributed by atoms with Crippen LogP contribution in [0.5, 0.6) is 0 Å². The maximum absolute atomic E-state index is 12.2. The van der Waals surface area contributed by atoms with Gasteiger partial charge in [0, 0.05) is 31.2 Å². The Morgan fingerprint density at radius 1 is 1.24 bits per heavy atom. The highest BCUT2D eigenvalue weighted by molar-refractivity contribution is 5.79. The number of likely N-dealkylation sites (tertiary alicyclic amines) is 1. The molecule has 2 aliphatic rings. The third kappa shape index (κ3) is 2.63. The van der Waals surface area contributed by atoms with Crippen molar-refractivity contribution in [3.05, 3.63) is 0 Å². The Labute approximate surface area is 105 Å². The third-order valence-electron chi connectivity index (χ3n) is 3.98. The molecule has 2 rings (SSSR count). The molecule has 0 spiro atoms. The molecule has 2 fully saturated rings. The second-order valence-electron chi connectivity index (χ2n) is 5.97. The average Bonchev–Trinajstić information content (AvgIpc) is 2.48. The summed E-state index contributed by atoms with van der Waals surface area (Å²) in [5.41, 5.74) is 0. The van der Waals surface area contributed by atoms with Crippen LogP contribution in [0.25, 0.3) is 0 Å². The topological polar surface area (TPSA) is 26.8 Å². The van der Waals surface area contributed by atoms with E-state index in [-0.39, 0.29) is 0 Å². The molecular formula is C13H25N3O. The van der Waals surface area contributed by atoms with Gasteiger partial charge in [0.15, 0.2) is 0 Å². The first-order valence-electron chi connectivity index (χ1n) is 6.69. The molecule has 0 aliphatic carbocycles. The van der Waals surface area contributed by atoms with Crippen molar-refractivity contribution in [2.75, 3.05) is 33.7 Å². The molecule has 2 atom stereocenters. The summed E-state index contributed by atoms with van der Waals surface area (Å²) in [5, 5.41) is 0. The number of fused-ring (bicyclic) bond motifs is 2. The average molecular weight is 239 g/mol. The maximum atomic E-state index is 12.2. The Morgan fingerprint density at radius 2 is 1.76 bits per heavy atom. The van der Waals surface area contributed by atoms with Crippen LogP contribution in [0.15, 0.2) is 0 Å². The normalized spacial score (nSPS) is 29.4. The molecule has 4 heteroatoms. The highest BCUT2D eigenvalue weighted by atomic mass is 16.2. The van der Waals surface area contributed by atoms with Gasteiger partial charge < -0.3 is 9.80 Å². The summed E-state index contributed by atoms with van der Waals surface area (Å²) in [6, 6.07) is 1.52. The number of likely N-dealkylation sites (N-methyl/N-ethyl adjacent to an activating group) is 1. The minimum absolute atomic E-state index is 0.311. The van der Waals surface area contributed by atoms with Gasteiger partial charge in [-0.05, 0) is 40.8 Å². The second kappa shape index (κ2) is 4.94. The number of carbonyl (C=O) groups is 1. The molecule has 0 N–H and O–H groups in total. The molecule has 4 nitrogen and oxygen atoms in total. The Morgan fingerprint density at radius 3 is 2.18 bits per heavy atom. The van der Waals surface area contributed by atoms with Crippen molar-refractivity contribution in [1.82, 2.24) is 14.7 Å². The smallest absolute Gasteiger partial charge is 0.237 e. The van der Waals surface area contributed by atoms with Crippen LogP contribution in [0, 0.1) is 0 Å². The van der Waals surface area contributed by atoms with Gasteiger partial charge >= 0.3 is 0 Å². The van der Waals surface area contributed by atoms with Crippen molar-refractivity contribution < 1.29 is 4.79 Å². The van der Waals surface area contributed by atoms with Crippen LogP contribution in [0.1, 0.15) is 26.7 Å². The minimum atomic E-state index is 0.311. The van der Waals surface area contributed by atoms with Crippen LogP contribution in [0.2, 0.25) is 0 Å². The molecule has 2 bridgehead atoms. The fourth-order valence-corrected chi connectivity index (χ4v) is 3.12. The molecule has 98 valence electrons. The molecule has 2 unspecified atom stereocenters. The number of amides is 1. The fourth-order valence-electron chi connectivity index (χ4n) is 3.12. The van der Waals surface area contributed by atoms with Crippen LogP contribution < -0.4 is 0 Å². The zero-order valence-electron chi connectivity index (χ0n) is 11.5. The Balaban J connectivity index is 2.01. The first kappa shape index (κ1) is 12.8. The van der Waals surface area contributed by atoms with Crippen molar-refractivity contribution in [2.24, 2.45) is 0 Å². The van der Waals surface area contributed by atoms with Crippen molar-refractivity contribution in [1.29, 1.82) is 0 Å². The van der Waals surface area contributed by atoms with Gasteiger partial charge in [-0.1, -0.05) is 0 Å². The van der Waals surface area contributed by atoms with E-state index in [2.05, 4.69) is 23.6 Å². The van der Waals surface area contributed by atoms with Crippen molar-refractivity contribution in [3.8, 4) is 0 Å². The van der Waals surface area contributed by atoms with Crippen LogP contribution in [-0.4, -0.2) is 72.5 Å². The fraction of sp³-hybridized carbons (Fsp3) is 0.923. The molecule has 17 heavy (non-hydrogen) atoms. The van der Waals surface area contributed by atoms with E-state index in [0.29, 0.717) is 30.6 Å². The quantitative estimate of drug-likeness (QED) is 0.723. The molecule has 0 radical (unpaired) electrons. The molecule has 0 aromatic rings. The number of piperazine rings is 1. The summed E-state index contributed by atoms with van der Waals surface area (Å²) >= 11 is 0. The Kier molecular flexibility index (Phi) is 3.73. The summed E-state index contributed by atoms with van der Waals surface area (Å²) in [4.78, 5) is 18.9. The van der Waals surface area contributed by atoms with Gasteiger partial charge in [-0.25, -0.2) is 0 Å². The van der Waals surface area contributed by atoms with Crippen molar-refractivity contribution in [3.63, 3.8) is 0 Å². The summed E-state index contributed by atoms with van der Waals surface area (Å²) < 4.78 is 0. The molecular weight excluding hydrogens is 214 g/mol. The lowest BCUT2D eigenvalue weighted by Crippen LogP contribution is -2.58. The molecule has 2 aliphatic heterocycles. The van der Waals surface area contributed by atoms with Gasteiger partial charge in [0.25, 0.3) is 0 Å². The third-order valence-corrected chi connectivity index (χ3v) is 3.98. The van der Waals surface area contributed by atoms with Crippen molar-refractivity contribution in [2.45, 2.75) is 44.8 Å². The van der Waals surface area contributed by atoms with E-state index in [1.54, 1.807) is 0 Å². The lowest BCUT2D eigenvalue weighted by atomic mass is 10.1. The lowest BCUT2D eigenvalue weighted by molar-refractivity contribution is -0.138. The van der Waals surface area contributed by atoms with E-state index in [0.717, 1.165) is 13.1 Å². The van der Waals surface area contributed by atoms with Gasteiger partial charge in [0.2, 0.25) is 5.91 Å². The standard InChI is InChI=1S/C13H25N3O/c1-10(2)15-7-11-5-6-12(8-15)16(11)13(17)9-14(3)4/h10-12H,5-9H2,1-4H3. The summed E-state index contributed by atoms with van der Waals surface area (Å²) in [5.74, 6) is 0.311. The van der Waals surface area contributed by atoms with Gasteiger partial charge in [-0.3, -0.25) is 9.69 Å². The predicted octanol–water partition coefficient (Wildman–Crippen LogP) is 0.632. The summed E-state index contributed by atoms with van der Waals surface area (Å²) in [6.07, 6.45) is 2.38. The lowest BCUT2D eigenvalue weighted by Gasteiger charge is -2.43. The summed E-state index contributed by atoms with van der Waals surface area (Å²) in [7, 11) is 3.92. The Hall–Kier alpha value is -0.610. The number of carbonyl (C=O) groups excluding carboxylic acids is 1. The second-order valence-corrected chi connectivity index (χ2v) is 5.97. The summed E-state index contributed by atoms with van der Waals surface area (Å²) in [6.45, 7) is 7.17. The first-order valence-corrected chi connectivity index (χ1v) is 6.69.